The number of carbonyl (C=O) groups excluding carboxylic acids is 2. The lowest BCUT2D eigenvalue weighted by Crippen LogP contribution is -2.42. The Morgan fingerprint density at radius 3 is 2.62 bits per heavy atom. The van der Waals surface area contributed by atoms with E-state index in [1.54, 1.807) is 31.2 Å². The number of hydrogen-bond donors (Lipinski definition) is 5. The lowest BCUT2D eigenvalue weighted by Gasteiger charge is -2.28. The quantitative estimate of drug-likeness (QED) is 0.162. The topological polar surface area (TPSA) is 207 Å². The van der Waals surface area contributed by atoms with Gasteiger partial charge >= 0.3 is 6.03 Å². The molecular weight excluding hydrogens is 544 g/mol. The molecule has 4 rings (SSSR count). The van der Waals surface area contributed by atoms with Gasteiger partial charge in [-0.05, 0) is 25.5 Å². The number of unbranched alkanes of at least 4 members (excludes halogenated alkanes) is 2. The third-order valence-corrected chi connectivity index (χ3v) is 7.02. The Labute approximate surface area is 232 Å². The number of benzene rings is 1. The molecule has 1 aliphatic heterocycles. The summed E-state index contributed by atoms with van der Waals surface area (Å²) in [7, 11) is 0. The van der Waals surface area contributed by atoms with Gasteiger partial charge in [0.25, 0.3) is 5.91 Å². The Balaban J connectivity index is 1.53. The first-order valence-electron chi connectivity index (χ1n) is 12.8. The highest BCUT2D eigenvalue weighted by molar-refractivity contribution is 7.80. The van der Waals surface area contributed by atoms with Gasteiger partial charge in [-0.2, -0.15) is 0 Å². The third-order valence-electron chi connectivity index (χ3n) is 6.28. The van der Waals surface area contributed by atoms with Crippen molar-refractivity contribution in [2.24, 2.45) is 0 Å². The second-order valence-electron chi connectivity index (χ2n) is 8.99. The summed E-state index contributed by atoms with van der Waals surface area (Å²) in [4.78, 5) is 37.6. The van der Waals surface area contributed by atoms with Crippen LogP contribution in [0.4, 0.5) is 22.0 Å². The van der Waals surface area contributed by atoms with Crippen LogP contribution >= 0.6 is 0 Å². The molecule has 3 aromatic rings. The van der Waals surface area contributed by atoms with Crippen LogP contribution in [-0.2, 0) is 20.8 Å². The van der Waals surface area contributed by atoms with Gasteiger partial charge in [-0.1, -0.05) is 31.9 Å². The Morgan fingerprint density at radius 2 is 1.90 bits per heavy atom. The van der Waals surface area contributed by atoms with Gasteiger partial charge in [0.2, 0.25) is 0 Å². The summed E-state index contributed by atoms with van der Waals surface area (Å²) in [5, 5.41) is 28.7. The number of fused-ring (bicyclic) bond motifs is 1. The van der Waals surface area contributed by atoms with Crippen LogP contribution in [0.25, 0.3) is 11.2 Å². The van der Waals surface area contributed by atoms with Crippen molar-refractivity contribution in [1.82, 2.24) is 24.8 Å². The second-order valence-corrected chi connectivity index (χ2v) is 9.87. The van der Waals surface area contributed by atoms with Crippen LogP contribution in [0.5, 0.6) is 0 Å². The summed E-state index contributed by atoms with van der Waals surface area (Å²) in [5.41, 5.74) is 0.901. The molecule has 1 fully saturated rings. The summed E-state index contributed by atoms with van der Waals surface area (Å²) in [6, 6.07) is 5.80. The highest BCUT2D eigenvalue weighted by Crippen LogP contribution is 2.33. The van der Waals surface area contributed by atoms with Crippen molar-refractivity contribution < 1.29 is 33.3 Å². The molecule has 216 valence electrons. The number of amides is 3. The van der Waals surface area contributed by atoms with E-state index in [4.69, 9.17) is 4.74 Å². The number of rotatable bonds is 11. The maximum atomic E-state index is 12.9. The lowest BCUT2D eigenvalue weighted by atomic mass is 10.1. The number of aliphatic hydroxyl groups excluding tert-OH is 2. The Bertz CT molecular complexity index is 1370. The van der Waals surface area contributed by atoms with Crippen LogP contribution in [0.3, 0.4) is 0 Å². The highest BCUT2D eigenvalue weighted by Gasteiger charge is 2.47. The minimum atomic E-state index is -2.55. The molecular formula is C24H31N8O7S-. The van der Waals surface area contributed by atoms with E-state index in [1.165, 1.54) is 21.5 Å². The van der Waals surface area contributed by atoms with E-state index >= 15 is 0 Å². The zero-order valence-corrected chi connectivity index (χ0v) is 22.7. The molecule has 5 atom stereocenters. The summed E-state index contributed by atoms with van der Waals surface area (Å²) in [6.45, 7) is 4.31. The van der Waals surface area contributed by atoms with Gasteiger partial charge in [-0.25, -0.2) is 19.7 Å². The molecule has 15 nitrogen and oxygen atoms in total. The van der Waals surface area contributed by atoms with Crippen molar-refractivity contribution in [3.8, 4) is 0 Å². The zero-order chi connectivity index (χ0) is 28.8. The summed E-state index contributed by atoms with van der Waals surface area (Å²) in [6.07, 6.45) is -0.522. The minimum Gasteiger partial charge on any atom is -0.755 e. The second kappa shape index (κ2) is 13.1. The molecule has 2 aromatic heterocycles. The predicted octanol–water partition coefficient (Wildman–Crippen LogP) is 1.02. The minimum absolute atomic E-state index is 0.0271. The number of imidazole rings is 1. The SMILES string of the molecule is CCCCCN(c1ccccc1NC(=O)Nc1ncnc2c1ncn2[C@@H]1O[C@H](C(=O)NCC)[C@@H](O)[C@H]1O)S(=O)[O-]. The largest absolute Gasteiger partial charge is 0.755 e. The van der Waals surface area contributed by atoms with Crippen LogP contribution < -0.4 is 20.3 Å². The van der Waals surface area contributed by atoms with Crippen LogP contribution in [0.15, 0.2) is 36.9 Å². The molecule has 0 spiro atoms. The molecule has 5 N–H and O–H groups in total. The summed E-state index contributed by atoms with van der Waals surface area (Å²) >= 11 is -2.55. The van der Waals surface area contributed by atoms with Crippen molar-refractivity contribution in [3.63, 3.8) is 0 Å². The lowest BCUT2D eigenvalue weighted by molar-refractivity contribution is -0.137. The first-order valence-corrected chi connectivity index (χ1v) is 13.8. The highest BCUT2D eigenvalue weighted by atomic mass is 32.2. The van der Waals surface area contributed by atoms with Crippen LogP contribution in [0.2, 0.25) is 0 Å². The first-order chi connectivity index (χ1) is 19.3. The average Bonchev–Trinajstić information content (AvgIpc) is 3.48. The number of likely N-dealkylation sites (N-methyl/N-ethyl adjacent to an activating group) is 1. The van der Waals surface area contributed by atoms with Crippen LogP contribution in [0, 0.1) is 0 Å². The third kappa shape index (κ3) is 6.20. The fraction of sp³-hybridized carbons (Fsp3) is 0.458. The molecule has 1 unspecified atom stereocenters. The van der Waals surface area contributed by atoms with Crippen LogP contribution in [0.1, 0.15) is 39.3 Å². The first kappa shape index (κ1) is 29.3. The summed E-state index contributed by atoms with van der Waals surface area (Å²) in [5.74, 6) is -0.543. The molecule has 40 heavy (non-hydrogen) atoms. The predicted molar refractivity (Wildman–Crippen MR) is 145 cm³/mol. The molecule has 0 saturated carbocycles. The Hall–Kier alpha value is -3.70. The van der Waals surface area contributed by atoms with E-state index in [2.05, 4.69) is 30.9 Å². The van der Waals surface area contributed by atoms with Crippen molar-refractivity contribution in [2.45, 2.75) is 57.6 Å². The average molecular weight is 576 g/mol. The number of aliphatic hydroxyl groups is 2. The van der Waals surface area contributed by atoms with E-state index in [0.717, 1.165) is 12.8 Å². The Kier molecular flexibility index (Phi) is 9.59. The zero-order valence-electron chi connectivity index (χ0n) is 21.9. The standard InChI is InChI=1S/C24H32N8O7S/c1-3-5-8-11-32(40(37)38)15-10-7-6-9-14(15)29-24(36)30-20-16-21(27-12-26-20)31(13-28-16)23-18(34)17(33)19(39-23)22(35)25-4-2/h6-7,9-10,12-13,17-19,23,33-34H,3-5,8,11H2,1-2H3,(H,25,35)(H,37,38)(H2,26,27,29,30,36)/p-1/t17-,18+,19-,23+/m0/s1. The van der Waals surface area contributed by atoms with Crippen molar-refractivity contribution in [1.29, 1.82) is 0 Å². The Morgan fingerprint density at radius 1 is 1.12 bits per heavy atom. The van der Waals surface area contributed by atoms with E-state index < -0.39 is 47.7 Å². The molecule has 1 aromatic carbocycles. The van der Waals surface area contributed by atoms with Gasteiger partial charge < -0.3 is 34.4 Å². The number of hydrogen-bond acceptors (Lipinski definition) is 10. The molecule has 0 radical (unpaired) electrons. The molecule has 3 amide bonds. The van der Waals surface area contributed by atoms with E-state index in [1.807, 2.05) is 6.92 Å². The smallest absolute Gasteiger partial charge is 0.324 e. The molecule has 1 aliphatic rings. The van der Waals surface area contributed by atoms with Gasteiger partial charge in [-0.15, -0.1) is 0 Å². The fourth-order valence-corrected chi connectivity index (χ4v) is 4.95. The maximum absolute atomic E-state index is 12.9. The molecule has 16 heteroatoms. The van der Waals surface area contributed by atoms with Crippen molar-refractivity contribution in [2.75, 3.05) is 28.0 Å². The van der Waals surface area contributed by atoms with Gasteiger partial charge in [0, 0.05) is 24.4 Å². The van der Waals surface area contributed by atoms with Gasteiger partial charge in [0.05, 0.1) is 17.7 Å². The number of para-hydroxylation sites is 2. The van der Waals surface area contributed by atoms with Gasteiger partial charge in [-0.3, -0.25) is 18.9 Å². The van der Waals surface area contributed by atoms with E-state index in [9.17, 15) is 28.6 Å². The normalized spacial score (nSPS) is 21.2. The number of nitrogens with zero attached hydrogens (tertiary/aromatic N) is 5. The van der Waals surface area contributed by atoms with Gasteiger partial charge in [0.15, 0.2) is 29.3 Å². The summed E-state index contributed by atoms with van der Waals surface area (Å²) < 4.78 is 32.0. The number of aromatic nitrogens is 4. The van der Waals surface area contributed by atoms with Crippen molar-refractivity contribution >= 4 is 51.6 Å². The number of carbonyl (C=O) groups is 2. The van der Waals surface area contributed by atoms with Crippen molar-refractivity contribution in [3.05, 3.63) is 36.9 Å². The number of ether oxygens (including phenoxy) is 1. The number of anilines is 3. The van der Waals surface area contributed by atoms with E-state index in [-0.39, 0.29) is 29.2 Å². The molecule has 1 saturated heterocycles. The number of nitrogens with one attached hydrogen (secondary N) is 3. The van der Waals surface area contributed by atoms with Gasteiger partial charge in [0.1, 0.15) is 18.5 Å². The molecule has 0 aliphatic carbocycles. The monoisotopic (exact) mass is 575 g/mol. The fourth-order valence-electron chi connectivity index (χ4n) is 4.35. The van der Waals surface area contributed by atoms with E-state index in [0.29, 0.717) is 18.7 Å². The molecule has 0 bridgehead atoms. The molecule has 3 heterocycles. The maximum Gasteiger partial charge on any atom is 0.324 e. The van der Waals surface area contributed by atoms with Crippen LogP contribution in [-0.4, -0.2) is 81.8 Å². The number of urea groups is 1.